The van der Waals surface area contributed by atoms with Crippen LogP contribution in [0.25, 0.3) is 11.1 Å². The first-order valence-electron chi connectivity index (χ1n) is 10.7. The van der Waals surface area contributed by atoms with Crippen LogP contribution in [0.15, 0.2) is 10.6 Å². The summed E-state index contributed by atoms with van der Waals surface area (Å²) < 4.78 is 52.2. The Labute approximate surface area is 178 Å². The zero-order chi connectivity index (χ0) is 22.2. The highest BCUT2D eigenvalue weighted by molar-refractivity contribution is 5.82. The number of fused-ring (bicyclic) bond motifs is 1. The lowest BCUT2D eigenvalue weighted by molar-refractivity contribution is -0.137. The van der Waals surface area contributed by atoms with Crippen molar-refractivity contribution >= 4 is 17.0 Å². The molecule has 2 fully saturated rings. The topological polar surface area (TPSA) is 71.7 Å². The van der Waals surface area contributed by atoms with Gasteiger partial charge < -0.3 is 14.2 Å². The average molecular weight is 440 g/mol. The molecule has 2 aromatic rings. The van der Waals surface area contributed by atoms with Crippen LogP contribution in [-0.4, -0.2) is 71.8 Å². The molecule has 2 saturated heterocycles. The summed E-state index contributed by atoms with van der Waals surface area (Å²) >= 11 is 0. The van der Waals surface area contributed by atoms with E-state index in [0.717, 1.165) is 6.07 Å². The van der Waals surface area contributed by atoms with E-state index in [2.05, 4.69) is 10.1 Å². The molecule has 170 valence electrons. The van der Waals surface area contributed by atoms with Crippen LogP contribution in [0.1, 0.15) is 55.5 Å². The molecule has 1 atom stereocenters. The smallest absolute Gasteiger partial charge is 0.379 e. The van der Waals surface area contributed by atoms with Crippen molar-refractivity contribution in [2.75, 3.05) is 45.9 Å². The molecule has 7 nitrogen and oxygen atoms in total. The largest absolute Gasteiger partial charge is 0.417 e. The van der Waals surface area contributed by atoms with E-state index < -0.39 is 11.7 Å². The van der Waals surface area contributed by atoms with E-state index in [9.17, 15) is 18.0 Å². The van der Waals surface area contributed by atoms with Crippen LogP contribution in [0.4, 0.5) is 13.2 Å². The van der Waals surface area contributed by atoms with E-state index in [-0.39, 0.29) is 34.5 Å². The van der Waals surface area contributed by atoms with E-state index in [4.69, 9.17) is 9.26 Å². The van der Waals surface area contributed by atoms with Gasteiger partial charge in [0.1, 0.15) is 0 Å². The van der Waals surface area contributed by atoms with Gasteiger partial charge in [-0.1, -0.05) is 19.0 Å². The van der Waals surface area contributed by atoms with Crippen molar-refractivity contribution < 1.29 is 27.2 Å². The number of alkyl halides is 3. The minimum absolute atomic E-state index is 0.0179. The number of pyridine rings is 1. The molecule has 2 aliphatic rings. The summed E-state index contributed by atoms with van der Waals surface area (Å²) in [6.07, 6.45) is -3.20. The van der Waals surface area contributed by atoms with Crippen molar-refractivity contribution in [1.29, 1.82) is 0 Å². The fourth-order valence-corrected chi connectivity index (χ4v) is 4.27. The molecule has 2 aromatic heterocycles. The Balaban J connectivity index is 1.60. The van der Waals surface area contributed by atoms with Crippen LogP contribution < -0.4 is 0 Å². The molecule has 31 heavy (non-hydrogen) atoms. The number of rotatable bonds is 4. The quantitative estimate of drug-likeness (QED) is 0.726. The number of morpholine rings is 1. The summed E-state index contributed by atoms with van der Waals surface area (Å²) in [4.78, 5) is 20.8. The fourth-order valence-electron chi connectivity index (χ4n) is 4.27. The molecule has 0 spiro atoms. The number of ether oxygens (including phenoxy) is 1. The lowest BCUT2D eigenvalue weighted by Gasteiger charge is -2.34. The molecule has 0 N–H and O–H groups in total. The molecule has 1 unspecified atom stereocenters. The number of hydrogen-bond acceptors (Lipinski definition) is 6. The molecule has 4 rings (SSSR count). The summed E-state index contributed by atoms with van der Waals surface area (Å²) in [7, 11) is 0. The van der Waals surface area contributed by atoms with Crippen LogP contribution >= 0.6 is 0 Å². The Hall–Kier alpha value is -2.20. The number of carbonyl (C=O) groups is 1. The van der Waals surface area contributed by atoms with Crippen LogP contribution in [0.5, 0.6) is 0 Å². The van der Waals surface area contributed by atoms with E-state index in [1.54, 1.807) is 18.7 Å². The minimum atomic E-state index is -4.55. The van der Waals surface area contributed by atoms with Crippen LogP contribution in [-0.2, 0) is 15.7 Å². The maximum Gasteiger partial charge on any atom is 0.417 e. The van der Waals surface area contributed by atoms with Crippen molar-refractivity contribution in [2.45, 2.75) is 44.7 Å². The molecule has 0 radical (unpaired) electrons. The van der Waals surface area contributed by atoms with Crippen LogP contribution in [0, 0.1) is 0 Å². The van der Waals surface area contributed by atoms with Gasteiger partial charge in [0.25, 0.3) is 5.71 Å². The van der Waals surface area contributed by atoms with E-state index in [1.165, 1.54) is 0 Å². The molecule has 10 heteroatoms. The molecule has 0 aromatic carbocycles. The van der Waals surface area contributed by atoms with Gasteiger partial charge in [-0.25, -0.2) is 4.98 Å². The van der Waals surface area contributed by atoms with Gasteiger partial charge in [0.2, 0.25) is 5.91 Å². The van der Waals surface area contributed by atoms with Crippen molar-refractivity contribution in [3.8, 4) is 0 Å². The lowest BCUT2D eigenvalue weighted by atomic mass is 9.91. The average Bonchev–Trinajstić information content (AvgIpc) is 3.17. The number of piperidine rings is 1. The second-order valence-corrected chi connectivity index (χ2v) is 8.56. The third-order valence-corrected chi connectivity index (χ3v) is 6.01. The second-order valence-electron chi connectivity index (χ2n) is 8.56. The molecular formula is C21H27F3N4O3. The SMILES string of the molecule is CC(C)c1cc(C(F)(F)F)c2c(C3CCCN(C(=O)CN4CCOCC4)C3)noc2n1. The van der Waals surface area contributed by atoms with Crippen molar-refractivity contribution in [3.63, 3.8) is 0 Å². The Kier molecular flexibility index (Phi) is 6.20. The predicted octanol–water partition coefficient (Wildman–Crippen LogP) is 3.40. The Morgan fingerprint density at radius 2 is 2.00 bits per heavy atom. The van der Waals surface area contributed by atoms with Gasteiger partial charge in [0.15, 0.2) is 0 Å². The molecule has 2 aliphatic heterocycles. The predicted molar refractivity (Wildman–Crippen MR) is 107 cm³/mol. The normalized spacial score (nSPS) is 21.2. The number of halogens is 3. The van der Waals surface area contributed by atoms with E-state index in [1.807, 2.05) is 4.90 Å². The first-order valence-corrected chi connectivity index (χ1v) is 10.7. The van der Waals surface area contributed by atoms with Gasteiger partial charge in [0, 0.05) is 37.8 Å². The summed E-state index contributed by atoms with van der Waals surface area (Å²) in [6.45, 7) is 7.40. The molecule has 0 aliphatic carbocycles. The number of amides is 1. The molecular weight excluding hydrogens is 413 g/mol. The van der Waals surface area contributed by atoms with Crippen molar-refractivity contribution in [1.82, 2.24) is 19.9 Å². The number of aromatic nitrogens is 2. The van der Waals surface area contributed by atoms with Gasteiger partial charge in [-0.3, -0.25) is 9.69 Å². The summed E-state index contributed by atoms with van der Waals surface area (Å²) in [5, 5.41) is 3.92. The van der Waals surface area contributed by atoms with Gasteiger partial charge in [-0.2, -0.15) is 13.2 Å². The zero-order valence-electron chi connectivity index (χ0n) is 17.7. The van der Waals surface area contributed by atoms with Crippen LogP contribution in [0.3, 0.4) is 0 Å². The highest BCUT2D eigenvalue weighted by Crippen LogP contribution is 2.40. The standard InChI is InChI=1S/C21H27F3N4O3/c1-13(2)16-10-15(21(22,23)24)18-19(26-31-20(18)25-16)14-4-3-5-28(11-14)17(29)12-27-6-8-30-9-7-27/h10,13-14H,3-9,11-12H2,1-2H3. The van der Waals surface area contributed by atoms with Gasteiger partial charge >= 0.3 is 6.18 Å². The Morgan fingerprint density at radius 3 is 2.68 bits per heavy atom. The third-order valence-electron chi connectivity index (χ3n) is 6.01. The number of nitrogens with zero attached hydrogens (tertiary/aromatic N) is 4. The summed E-state index contributed by atoms with van der Waals surface area (Å²) in [5.41, 5.74) is -0.304. The zero-order valence-corrected chi connectivity index (χ0v) is 17.7. The minimum Gasteiger partial charge on any atom is -0.379 e. The highest BCUT2D eigenvalue weighted by Gasteiger charge is 2.38. The Morgan fingerprint density at radius 1 is 1.26 bits per heavy atom. The molecule has 4 heterocycles. The number of hydrogen-bond donors (Lipinski definition) is 0. The maximum absolute atomic E-state index is 13.9. The molecule has 0 saturated carbocycles. The first kappa shape index (κ1) is 22.0. The van der Waals surface area contributed by atoms with Crippen molar-refractivity contribution in [2.24, 2.45) is 0 Å². The summed E-state index contributed by atoms with van der Waals surface area (Å²) in [6, 6.07) is 1.10. The highest BCUT2D eigenvalue weighted by atomic mass is 19.4. The van der Waals surface area contributed by atoms with Crippen molar-refractivity contribution in [3.05, 3.63) is 23.0 Å². The van der Waals surface area contributed by atoms with E-state index in [0.29, 0.717) is 64.5 Å². The second kappa shape index (κ2) is 8.74. The van der Waals surface area contributed by atoms with E-state index >= 15 is 0 Å². The van der Waals surface area contributed by atoms with Gasteiger partial charge in [0.05, 0.1) is 36.4 Å². The molecule has 0 bridgehead atoms. The molecule has 1 amide bonds. The monoisotopic (exact) mass is 440 g/mol. The Bertz CT molecular complexity index is 938. The third kappa shape index (κ3) is 4.69. The van der Waals surface area contributed by atoms with Gasteiger partial charge in [-0.05, 0) is 24.8 Å². The van der Waals surface area contributed by atoms with Gasteiger partial charge in [-0.15, -0.1) is 0 Å². The first-order chi connectivity index (χ1) is 14.7. The number of likely N-dealkylation sites (tertiary alicyclic amines) is 1. The maximum atomic E-state index is 13.9. The van der Waals surface area contributed by atoms with Crippen LogP contribution in [0.2, 0.25) is 0 Å². The summed E-state index contributed by atoms with van der Waals surface area (Å²) in [5.74, 6) is -0.519. The number of carbonyl (C=O) groups excluding carboxylic acids is 1. The fraction of sp³-hybridized carbons (Fsp3) is 0.667. The lowest BCUT2D eigenvalue weighted by Crippen LogP contribution is -2.47.